The maximum Gasteiger partial charge on any atom is 0.338 e. The number of carboxylic acid groups (broad SMARTS) is 1. The summed E-state index contributed by atoms with van der Waals surface area (Å²) in [5, 5.41) is 20.7. The van der Waals surface area contributed by atoms with Crippen LogP contribution in [0.5, 0.6) is 0 Å². The van der Waals surface area contributed by atoms with Crippen molar-refractivity contribution in [3.8, 4) is 0 Å². The second-order valence-electron chi connectivity index (χ2n) is 3.79. The molecule has 0 saturated carbocycles. The summed E-state index contributed by atoms with van der Waals surface area (Å²) in [5.41, 5.74) is 0.322. The Morgan fingerprint density at radius 3 is 2.71 bits per heavy atom. The molecule has 0 spiro atoms. The van der Waals surface area contributed by atoms with Crippen molar-refractivity contribution < 1.29 is 19.4 Å². The molecule has 0 aliphatic rings. The maximum atomic E-state index is 13.3. The third kappa shape index (κ3) is 3.80. The molecule has 3 N–H and O–H groups in total. The minimum atomic E-state index is -1.27. The van der Waals surface area contributed by atoms with Gasteiger partial charge in [-0.1, -0.05) is 13.0 Å². The van der Waals surface area contributed by atoms with Gasteiger partial charge in [-0.05, 0) is 24.1 Å². The van der Waals surface area contributed by atoms with Crippen LogP contribution in [-0.2, 0) is 6.54 Å². The quantitative estimate of drug-likeness (QED) is 0.704. The second-order valence-corrected chi connectivity index (χ2v) is 3.79. The number of halogens is 1. The number of aliphatic hydroxyl groups excluding tert-OH is 1. The van der Waals surface area contributed by atoms with Crippen LogP contribution in [0.3, 0.4) is 0 Å². The van der Waals surface area contributed by atoms with Gasteiger partial charge in [0.1, 0.15) is 5.82 Å². The number of hydrogen-bond donors (Lipinski definition) is 3. The Morgan fingerprint density at radius 1 is 1.53 bits per heavy atom. The number of benzene rings is 1. The first kappa shape index (κ1) is 13.6. The molecule has 5 heteroatoms. The average Bonchev–Trinajstić information content (AvgIpc) is 2.30. The molecular weight excluding hydrogens is 225 g/mol. The smallest absolute Gasteiger partial charge is 0.338 e. The first-order valence-electron chi connectivity index (χ1n) is 5.44. The van der Waals surface area contributed by atoms with Gasteiger partial charge in [0.2, 0.25) is 0 Å². The Balaban J connectivity index is 2.67. The van der Waals surface area contributed by atoms with E-state index in [0.717, 1.165) is 6.42 Å². The lowest BCUT2D eigenvalue weighted by atomic mass is 10.1. The third-order valence-electron chi connectivity index (χ3n) is 2.57. The van der Waals surface area contributed by atoms with E-state index < -0.39 is 11.8 Å². The van der Waals surface area contributed by atoms with Crippen LogP contribution in [0.25, 0.3) is 0 Å². The van der Waals surface area contributed by atoms with Crippen LogP contribution < -0.4 is 5.32 Å². The zero-order valence-corrected chi connectivity index (χ0v) is 9.61. The van der Waals surface area contributed by atoms with Gasteiger partial charge in [-0.15, -0.1) is 0 Å². The zero-order valence-electron chi connectivity index (χ0n) is 9.61. The summed E-state index contributed by atoms with van der Waals surface area (Å²) in [6.45, 7) is 2.35. The number of carbonyl (C=O) groups is 1. The normalized spacial score (nSPS) is 12.4. The third-order valence-corrected chi connectivity index (χ3v) is 2.57. The monoisotopic (exact) mass is 241 g/mol. The molecule has 4 nitrogen and oxygen atoms in total. The predicted molar refractivity (Wildman–Crippen MR) is 61.4 cm³/mol. The predicted octanol–water partition coefficient (Wildman–Crippen LogP) is 1.38. The summed E-state index contributed by atoms with van der Waals surface area (Å²) in [6, 6.07) is 3.97. The molecule has 17 heavy (non-hydrogen) atoms. The molecule has 1 aromatic carbocycles. The highest BCUT2D eigenvalue weighted by atomic mass is 19.1. The number of rotatable bonds is 6. The molecule has 0 aromatic heterocycles. The molecule has 0 aliphatic carbocycles. The maximum absolute atomic E-state index is 13.3. The summed E-state index contributed by atoms with van der Waals surface area (Å²) in [5.74, 6) is -2.02. The Kier molecular flexibility index (Phi) is 5.06. The number of aromatic carboxylic acids is 1. The van der Waals surface area contributed by atoms with E-state index in [0.29, 0.717) is 12.1 Å². The Labute approximate surface area is 99.1 Å². The van der Waals surface area contributed by atoms with Crippen molar-refractivity contribution in [2.24, 2.45) is 0 Å². The molecule has 0 heterocycles. The standard InChI is InChI=1S/C12H16FNO3/c1-2-9(7-15)14-6-8-3-4-10(12(16)17)11(13)5-8/h3-5,9,14-15H,2,6-7H2,1H3,(H,16,17). The van der Waals surface area contributed by atoms with E-state index in [1.54, 1.807) is 6.07 Å². The van der Waals surface area contributed by atoms with Crippen molar-refractivity contribution in [1.82, 2.24) is 5.32 Å². The van der Waals surface area contributed by atoms with Crippen LogP contribution in [0.2, 0.25) is 0 Å². The Morgan fingerprint density at radius 2 is 2.24 bits per heavy atom. The lowest BCUT2D eigenvalue weighted by Crippen LogP contribution is -2.31. The highest BCUT2D eigenvalue weighted by Crippen LogP contribution is 2.10. The van der Waals surface area contributed by atoms with Gasteiger partial charge in [-0.2, -0.15) is 0 Å². The Hall–Kier alpha value is -1.46. The van der Waals surface area contributed by atoms with E-state index in [9.17, 15) is 9.18 Å². The van der Waals surface area contributed by atoms with Gasteiger partial charge in [0.05, 0.1) is 12.2 Å². The van der Waals surface area contributed by atoms with Gasteiger partial charge >= 0.3 is 5.97 Å². The highest BCUT2D eigenvalue weighted by Gasteiger charge is 2.10. The van der Waals surface area contributed by atoms with E-state index in [2.05, 4.69) is 5.32 Å². The molecule has 1 atom stereocenters. The molecule has 1 rings (SSSR count). The van der Waals surface area contributed by atoms with Crippen LogP contribution in [0.4, 0.5) is 4.39 Å². The average molecular weight is 241 g/mol. The second kappa shape index (κ2) is 6.32. The molecule has 94 valence electrons. The highest BCUT2D eigenvalue weighted by molar-refractivity contribution is 5.87. The lowest BCUT2D eigenvalue weighted by molar-refractivity contribution is 0.0692. The van der Waals surface area contributed by atoms with E-state index in [1.807, 2.05) is 6.92 Å². The van der Waals surface area contributed by atoms with Crippen LogP contribution in [0, 0.1) is 5.82 Å². The van der Waals surface area contributed by atoms with Gasteiger partial charge in [0, 0.05) is 12.6 Å². The fraction of sp³-hybridized carbons (Fsp3) is 0.417. The SMILES string of the molecule is CCC(CO)NCc1ccc(C(=O)O)c(F)c1. The van der Waals surface area contributed by atoms with E-state index >= 15 is 0 Å². The van der Waals surface area contributed by atoms with Gasteiger partial charge in [0.25, 0.3) is 0 Å². The van der Waals surface area contributed by atoms with Crippen LogP contribution in [-0.4, -0.2) is 28.8 Å². The molecule has 1 aromatic rings. The minimum Gasteiger partial charge on any atom is -0.478 e. The molecule has 1 unspecified atom stereocenters. The van der Waals surface area contributed by atoms with Crippen molar-refractivity contribution in [2.45, 2.75) is 25.9 Å². The minimum absolute atomic E-state index is 0.0200. The fourth-order valence-corrected chi connectivity index (χ4v) is 1.44. The van der Waals surface area contributed by atoms with Crippen molar-refractivity contribution in [3.63, 3.8) is 0 Å². The topological polar surface area (TPSA) is 69.6 Å². The molecule has 0 saturated heterocycles. The fourth-order valence-electron chi connectivity index (χ4n) is 1.44. The van der Waals surface area contributed by atoms with Crippen LogP contribution >= 0.6 is 0 Å². The van der Waals surface area contributed by atoms with Crippen LogP contribution in [0.15, 0.2) is 18.2 Å². The van der Waals surface area contributed by atoms with Crippen molar-refractivity contribution >= 4 is 5.97 Å². The molecular formula is C12H16FNO3. The summed E-state index contributed by atoms with van der Waals surface area (Å²) >= 11 is 0. The summed E-state index contributed by atoms with van der Waals surface area (Å²) in [7, 11) is 0. The number of aliphatic hydroxyl groups is 1. The van der Waals surface area contributed by atoms with E-state index in [1.165, 1.54) is 12.1 Å². The molecule has 0 fully saturated rings. The zero-order chi connectivity index (χ0) is 12.8. The molecule has 0 aliphatic heterocycles. The number of carboxylic acids is 1. The van der Waals surface area contributed by atoms with Crippen LogP contribution in [0.1, 0.15) is 29.3 Å². The van der Waals surface area contributed by atoms with Gasteiger partial charge < -0.3 is 15.5 Å². The summed E-state index contributed by atoms with van der Waals surface area (Å²) in [6.07, 6.45) is 0.770. The first-order valence-corrected chi connectivity index (χ1v) is 5.44. The largest absolute Gasteiger partial charge is 0.478 e. The first-order chi connectivity index (χ1) is 8.08. The molecule has 0 amide bonds. The van der Waals surface area contributed by atoms with Crippen molar-refractivity contribution in [1.29, 1.82) is 0 Å². The molecule has 0 bridgehead atoms. The van der Waals surface area contributed by atoms with Gasteiger partial charge in [0.15, 0.2) is 0 Å². The Bertz CT molecular complexity index is 391. The summed E-state index contributed by atoms with van der Waals surface area (Å²) < 4.78 is 13.3. The molecule has 0 radical (unpaired) electrons. The van der Waals surface area contributed by atoms with Crippen molar-refractivity contribution in [3.05, 3.63) is 35.1 Å². The summed E-state index contributed by atoms with van der Waals surface area (Å²) in [4.78, 5) is 10.6. The number of nitrogens with one attached hydrogen (secondary N) is 1. The van der Waals surface area contributed by atoms with E-state index in [4.69, 9.17) is 10.2 Å². The van der Waals surface area contributed by atoms with E-state index in [-0.39, 0.29) is 18.2 Å². The van der Waals surface area contributed by atoms with Crippen molar-refractivity contribution in [2.75, 3.05) is 6.61 Å². The van der Waals surface area contributed by atoms with Gasteiger partial charge in [-0.25, -0.2) is 9.18 Å². The lowest BCUT2D eigenvalue weighted by Gasteiger charge is -2.14. The number of hydrogen-bond acceptors (Lipinski definition) is 3. The van der Waals surface area contributed by atoms with Gasteiger partial charge in [-0.3, -0.25) is 0 Å².